The molecular weight excluding hydrogens is 460 g/mol. The van der Waals surface area contributed by atoms with Gasteiger partial charge in [-0.2, -0.15) is 11.3 Å². The number of aliphatic hydroxyl groups is 1. The molecule has 1 amide bonds. The Morgan fingerprint density at radius 3 is 2.54 bits per heavy atom. The number of ether oxygens (including phenoxy) is 1. The number of carbonyl (C=O) groups is 2. The van der Waals surface area contributed by atoms with Gasteiger partial charge in [0, 0.05) is 30.8 Å². The second-order valence-corrected chi connectivity index (χ2v) is 8.88. The predicted molar refractivity (Wildman–Crippen MR) is 135 cm³/mol. The van der Waals surface area contributed by atoms with Gasteiger partial charge in [-0.05, 0) is 63.3 Å². The van der Waals surface area contributed by atoms with Crippen LogP contribution in [0.25, 0.3) is 11.1 Å². The zero-order valence-electron chi connectivity index (χ0n) is 18.9. The molecule has 0 radical (unpaired) electrons. The topological polar surface area (TPSA) is 79.7 Å². The van der Waals surface area contributed by atoms with Gasteiger partial charge in [-0.25, -0.2) is 0 Å². The molecule has 1 aliphatic heterocycles. The highest BCUT2D eigenvalue weighted by molar-refractivity contribution is 7.08. The summed E-state index contributed by atoms with van der Waals surface area (Å²) >= 11 is 1.61. The minimum absolute atomic E-state index is 0.0217. The van der Waals surface area contributed by atoms with E-state index in [2.05, 4.69) is 10.4 Å². The molecule has 1 N–H and O–H groups in total. The molecule has 3 heterocycles. The number of ketones is 1. The number of carbonyl (C=O) groups excluding carboxylic acids is 2. The fourth-order valence-corrected chi connectivity index (χ4v) is 5.05. The van der Waals surface area contributed by atoms with Crippen molar-refractivity contribution in [1.29, 1.82) is 0 Å². The van der Waals surface area contributed by atoms with E-state index >= 15 is 0 Å². The second kappa shape index (κ2) is 9.66. The van der Waals surface area contributed by atoms with Crippen LogP contribution in [0.15, 0.2) is 101 Å². The second-order valence-electron chi connectivity index (χ2n) is 8.10. The van der Waals surface area contributed by atoms with Gasteiger partial charge in [-0.1, -0.05) is 36.4 Å². The molecule has 0 saturated heterocycles. The Bertz CT molecular complexity index is 1400. The van der Waals surface area contributed by atoms with Gasteiger partial charge in [0.25, 0.3) is 5.91 Å². The summed E-state index contributed by atoms with van der Waals surface area (Å²) in [6.45, 7) is 0.293. The largest absolute Gasteiger partial charge is 0.503 e. The normalized spacial score (nSPS) is 15.6. The summed E-state index contributed by atoms with van der Waals surface area (Å²) in [4.78, 5) is 32.5. The van der Waals surface area contributed by atoms with Crippen molar-refractivity contribution in [1.82, 2.24) is 4.98 Å². The number of pyridine rings is 1. The van der Waals surface area contributed by atoms with Crippen molar-refractivity contribution >= 4 is 28.7 Å². The fraction of sp³-hybridized carbons (Fsp3) is 0.107. The monoisotopic (exact) mass is 482 g/mol. The molecule has 174 valence electrons. The Hall–Kier alpha value is -4.07. The first-order chi connectivity index (χ1) is 17.1. The van der Waals surface area contributed by atoms with Crippen LogP contribution in [0.1, 0.15) is 27.5 Å². The molecule has 4 aromatic rings. The third-order valence-electron chi connectivity index (χ3n) is 6.03. The van der Waals surface area contributed by atoms with Crippen LogP contribution in [-0.4, -0.2) is 28.9 Å². The van der Waals surface area contributed by atoms with Crippen molar-refractivity contribution < 1.29 is 19.4 Å². The number of aromatic nitrogens is 1. The smallest absolute Gasteiger partial charge is 0.294 e. The van der Waals surface area contributed by atoms with E-state index in [-0.39, 0.29) is 5.57 Å². The van der Waals surface area contributed by atoms with E-state index in [9.17, 15) is 14.7 Å². The van der Waals surface area contributed by atoms with Gasteiger partial charge in [0.15, 0.2) is 11.5 Å². The number of thiophene rings is 1. The van der Waals surface area contributed by atoms with Crippen molar-refractivity contribution in [2.45, 2.75) is 12.6 Å². The SMILES string of the molecule is COCc1ccccc1C1C(C(=O)c2cccnc2)=C(O)C(=O)N1c1ccc(-c2ccsc2)cc1. The van der Waals surface area contributed by atoms with Crippen LogP contribution in [0.3, 0.4) is 0 Å². The van der Waals surface area contributed by atoms with Crippen LogP contribution >= 0.6 is 11.3 Å². The van der Waals surface area contributed by atoms with E-state index in [1.165, 1.54) is 11.1 Å². The first-order valence-electron chi connectivity index (χ1n) is 11.0. The van der Waals surface area contributed by atoms with Gasteiger partial charge >= 0.3 is 0 Å². The third-order valence-corrected chi connectivity index (χ3v) is 6.71. The molecule has 0 aliphatic carbocycles. The van der Waals surface area contributed by atoms with Gasteiger partial charge in [-0.3, -0.25) is 19.5 Å². The van der Waals surface area contributed by atoms with Crippen LogP contribution in [-0.2, 0) is 16.1 Å². The molecule has 1 aliphatic rings. The summed E-state index contributed by atoms with van der Waals surface area (Å²) in [6, 6.07) is 19.5. The third kappa shape index (κ3) is 4.16. The van der Waals surface area contributed by atoms with Crippen LogP contribution in [0.5, 0.6) is 0 Å². The molecule has 0 spiro atoms. The van der Waals surface area contributed by atoms with E-state index in [0.717, 1.165) is 16.7 Å². The van der Waals surface area contributed by atoms with Crippen molar-refractivity contribution in [3.8, 4) is 11.1 Å². The first-order valence-corrected chi connectivity index (χ1v) is 11.9. The van der Waals surface area contributed by atoms with E-state index in [1.807, 2.05) is 60.0 Å². The summed E-state index contributed by atoms with van der Waals surface area (Å²) < 4.78 is 5.38. The number of rotatable bonds is 7. The lowest BCUT2D eigenvalue weighted by atomic mass is 9.90. The highest BCUT2D eigenvalue weighted by atomic mass is 32.1. The number of benzene rings is 2. The highest BCUT2D eigenvalue weighted by Gasteiger charge is 2.45. The van der Waals surface area contributed by atoms with E-state index in [4.69, 9.17) is 4.74 Å². The van der Waals surface area contributed by atoms with Gasteiger partial charge in [0.2, 0.25) is 0 Å². The van der Waals surface area contributed by atoms with Gasteiger partial charge in [-0.15, -0.1) is 0 Å². The van der Waals surface area contributed by atoms with Gasteiger partial charge in [0.1, 0.15) is 0 Å². The number of hydrogen-bond acceptors (Lipinski definition) is 6. The zero-order chi connectivity index (χ0) is 24.4. The standard InChI is InChI=1S/C28H22N2O4S/c1-34-16-20-5-2-3-7-23(20)25-24(26(31)19-6-4-13-29-15-19)27(32)28(33)30(25)22-10-8-18(9-11-22)21-12-14-35-17-21/h2-15,17,25,32H,16H2,1H3. The van der Waals surface area contributed by atoms with Gasteiger partial charge < -0.3 is 9.84 Å². The number of Topliss-reactive ketones (excluding diaryl/α,β-unsaturated/α-hetero) is 1. The van der Waals surface area contributed by atoms with E-state index in [0.29, 0.717) is 23.4 Å². The zero-order valence-corrected chi connectivity index (χ0v) is 19.7. The molecular formula is C28H22N2O4S. The van der Waals surface area contributed by atoms with Crippen LogP contribution in [0.2, 0.25) is 0 Å². The molecule has 7 heteroatoms. The average Bonchev–Trinajstić information content (AvgIpc) is 3.52. The summed E-state index contributed by atoms with van der Waals surface area (Å²) in [7, 11) is 1.59. The lowest BCUT2D eigenvalue weighted by molar-refractivity contribution is -0.117. The molecule has 35 heavy (non-hydrogen) atoms. The van der Waals surface area contributed by atoms with Crippen LogP contribution in [0.4, 0.5) is 5.69 Å². The van der Waals surface area contributed by atoms with E-state index < -0.39 is 23.5 Å². The average molecular weight is 483 g/mol. The molecule has 5 rings (SSSR count). The van der Waals surface area contributed by atoms with Crippen molar-refractivity contribution in [2.24, 2.45) is 0 Å². The molecule has 2 aromatic carbocycles. The first kappa shape index (κ1) is 22.7. The van der Waals surface area contributed by atoms with Crippen LogP contribution in [0, 0.1) is 0 Å². The molecule has 0 saturated carbocycles. The number of amides is 1. The van der Waals surface area contributed by atoms with E-state index in [1.54, 1.807) is 36.8 Å². The molecule has 0 bridgehead atoms. The van der Waals surface area contributed by atoms with Gasteiger partial charge in [0.05, 0.1) is 18.2 Å². The summed E-state index contributed by atoms with van der Waals surface area (Å²) in [5.41, 5.74) is 4.53. The number of methoxy groups -OCH3 is 1. The Labute approximate surface area is 206 Å². The minimum Gasteiger partial charge on any atom is -0.503 e. The minimum atomic E-state index is -0.825. The number of nitrogens with zero attached hydrogens (tertiary/aromatic N) is 2. The van der Waals surface area contributed by atoms with Crippen molar-refractivity contribution in [2.75, 3.05) is 12.0 Å². The molecule has 6 nitrogen and oxygen atoms in total. The van der Waals surface area contributed by atoms with Crippen molar-refractivity contribution in [3.63, 3.8) is 0 Å². The predicted octanol–water partition coefficient (Wildman–Crippen LogP) is 5.74. The molecule has 0 fully saturated rings. The Balaban J connectivity index is 1.64. The summed E-state index contributed by atoms with van der Waals surface area (Å²) in [5.74, 6) is -1.63. The molecule has 1 atom stereocenters. The maximum atomic E-state index is 13.6. The van der Waals surface area contributed by atoms with Crippen molar-refractivity contribution in [3.05, 3.63) is 118 Å². The Kier molecular flexibility index (Phi) is 6.27. The lowest BCUT2D eigenvalue weighted by Crippen LogP contribution is -2.31. The highest BCUT2D eigenvalue weighted by Crippen LogP contribution is 2.43. The Morgan fingerprint density at radius 1 is 1.06 bits per heavy atom. The maximum Gasteiger partial charge on any atom is 0.294 e. The number of aliphatic hydroxyl groups excluding tert-OH is 1. The molecule has 1 unspecified atom stereocenters. The summed E-state index contributed by atoms with van der Waals surface area (Å²) in [5, 5.41) is 15.1. The molecule has 2 aromatic heterocycles. The van der Waals surface area contributed by atoms with Crippen LogP contribution < -0.4 is 4.90 Å². The number of anilines is 1. The lowest BCUT2D eigenvalue weighted by Gasteiger charge is -2.28. The maximum absolute atomic E-state index is 13.6. The Morgan fingerprint density at radius 2 is 1.86 bits per heavy atom. The quantitative estimate of drug-likeness (QED) is 0.340. The fourth-order valence-electron chi connectivity index (χ4n) is 4.38. The summed E-state index contributed by atoms with van der Waals surface area (Å²) in [6.07, 6.45) is 3.00. The number of hydrogen-bond donors (Lipinski definition) is 1.